The Hall–Kier alpha value is -2.70. The summed E-state index contributed by atoms with van der Waals surface area (Å²) in [4.78, 5) is 29.9. The Bertz CT molecular complexity index is 721. The molecule has 2 aliphatic rings. The molecule has 1 saturated heterocycles. The zero-order valence-corrected chi connectivity index (χ0v) is 14.8. The highest BCUT2D eigenvalue weighted by atomic mass is 16.1. The summed E-state index contributed by atoms with van der Waals surface area (Å²) < 4.78 is 0. The predicted molar refractivity (Wildman–Crippen MR) is 100 cm³/mol. The first-order chi connectivity index (χ1) is 12.8. The van der Waals surface area contributed by atoms with Crippen molar-refractivity contribution in [2.75, 3.05) is 36.0 Å². The molecule has 0 radical (unpaired) electrons. The number of hydrogen-bond donors (Lipinski definition) is 1. The molecule has 0 atom stereocenters. The van der Waals surface area contributed by atoms with E-state index in [1.54, 1.807) is 12.4 Å². The second-order valence-electron chi connectivity index (χ2n) is 6.89. The molecule has 136 valence electrons. The van der Waals surface area contributed by atoms with E-state index in [0.29, 0.717) is 17.6 Å². The van der Waals surface area contributed by atoms with Crippen molar-refractivity contribution in [2.45, 2.75) is 31.7 Å². The molecule has 1 saturated carbocycles. The van der Waals surface area contributed by atoms with E-state index in [-0.39, 0.29) is 5.91 Å². The van der Waals surface area contributed by atoms with E-state index in [1.807, 2.05) is 24.4 Å². The smallest absolute Gasteiger partial charge is 0.254 e. The number of pyridine rings is 1. The number of amides is 1. The lowest BCUT2D eigenvalue weighted by Crippen LogP contribution is -2.47. The van der Waals surface area contributed by atoms with Crippen molar-refractivity contribution in [1.29, 1.82) is 0 Å². The molecule has 1 amide bonds. The quantitative estimate of drug-likeness (QED) is 0.905. The fraction of sp³-hybridized carbons (Fsp3) is 0.474. The summed E-state index contributed by atoms with van der Waals surface area (Å²) in [6, 6.07) is 6.27. The zero-order valence-electron chi connectivity index (χ0n) is 14.8. The van der Waals surface area contributed by atoms with Gasteiger partial charge in [0.1, 0.15) is 5.82 Å². The van der Waals surface area contributed by atoms with Gasteiger partial charge in [-0.05, 0) is 25.0 Å². The van der Waals surface area contributed by atoms with Crippen LogP contribution in [0.15, 0.2) is 36.8 Å². The molecule has 1 aliphatic heterocycles. The van der Waals surface area contributed by atoms with Gasteiger partial charge in [-0.2, -0.15) is 0 Å². The fourth-order valence-electron chi connectivity index (χ4n) is 3.62. The van der Waals surface area contributed by atoms with Gasteiger partial charge in [0, 0.05) is 50.8 Å². The monoisotopic (exact) mass is 352 g/mol. The van der Waals surface area contributed by atoms with Crippen LogP contribution >= 0.6 is 0 Å². The molecule has 4 rings (SSSR count). The van der Waals surface area contributed by atoms with E-state index in [0.717, 1.165) is 44.8 Å². The highest BCUT2D eigenvalue weighted by Crippen LogP contribution is 2.19. The number of piperazine rings is 1. The Morgan fingerprint density at radius 2 is 1.65 bits per heavy atom. The lowest BCUT2D eigenvalue weighted by atomic mass is 10.2. The molecule has 0 spiro atoms. The van der Waals surface area contributed by atoms with E-state index < -0.39 is 0 Å². The molecule has 2 aromatic heterocycles. The van der Waals surface area contributed by atoms with Gasteiger partial charge >= 0.3 is 0 Å². The van der Waals surface area contributed by atoms with E-state index in [1.165, 1.54) is 12.8 Å². The Kier molecular flexibility index (Phi) is 4.95. The average molecular weight is 352 g/mol. The van der Waals surface area contributed by atoms with Crippen molar-refractivity contribution in [1.82, 2.24) is 20.3 Å². The van der Waals surface area contributed by atoms with Crippen molar-refractivity contribution in [3.8, 4) is 0 Å². The molecule has 0 bridgehead atoms. The van der Waals surface area contributed by atoms with Crippen LogP contribution in [0.25, 0.3) is 0 Å². The third kappa shape index (κ3) is 3.76. The minimum atomic E-state index is -0.0663. The number of rotatable bonds is 4. The molecule has 26 heavy (non-hydrogen) atoms. The van der Waals surface area contributed by atoms with Crippen molar-refractivity contribution >= 4 is 17.7 Å². The normalized spacial score (nSPS) is 18.2. The summed E-state index contributed by atoms with van der Waals surface area (Å²) in [5, 5.41) is 3.07. The Balaban J connectivity index is 1.33. The topological polar surface area (TPSA) is 74.2 Å². The lowest BCUT2D eigenvalue weighted by Gasteiger charge is -2.35. The van der Waals surface area contributed by atoms with Crippen molar-refractivity contribution in [3.05, 3.63) is 42.4 Å². The Morgan fingerprint density at radius 1 is 0.962 bits per heavy atom. The summed E-state index contributed by atoms with van der Waals surface area (Å²) >= 11 is 0. The molecule has 2 aromatic rings. The van der Waals surface area contributed by atoms with Crippen molar-refractivity contribution in [3.63, 3.8) is 0 Å². The lowest BCUT2D eigenvalue weighted by molar-refractivity contribution is 0.0937. The van der Waals surface area contributed by atoms with E-state index in [9.17, 15) is 4.79 Å². The number of carbonyl (C=O) groups is 1. The van der Waals surface area contributed by atoms with Gasteiger partial charge in [-0.1, -0.05) is 18.9 Å². The number of anilines is 2. The van der Waals surface area contributed by atoms with E-state index >= 15 is 0 Å². The molecule has 0 unspecified atom stereocenters. The Morgan fingerprint density at radius 3 is 2.31 bits per heavy atom. The molecule has 0 aromatic carbocycles. The molecule has 2 fully saturated rings. The van der Waals surface area contributed by atoms with Crippen LogP contribution in [0.3, 0.4) is 0 Å². The Labute approximate surface area is 153 Å². The van der Waals surface area contributed by atoms with Crippen LogP contribution in [0.5, 0.6) is 0 Å². The molecule has 7 nitrogen and oxygen atoms in total. The third-order valence-corrected chi connectivity index (χ3v) is 5.13. The third-order valence-electron chi connectivity index (χ3n) is 5.13. The SMILES string of the molecule is O=C(NC1CCCC1)c1cnc(N2CCN(c3ccccn3)CC2)nc1. The van der Waals surface area contributed by atoms with Gasteiger partial charge in [-0.3, -0.25) is 4.79 Å². The second-order valence-corrected chi connectivity index (χ2v) is 6.89. The summed E-state index contributed by atoms with van der Waals surface area (Å²) in [6.07, 6.45) is 9.64. The first-order valence-corrected chi connectivity index (χ1v) is 9.33. The van der Waals surface area contributed by atoms with E-state index in [2.05, 4.69) is 30.1 Å². The zero-order chi connectivity index (χ0) is 17.8. The molecule has 1 N–H and O–H groups in total. The molecule has 3 heterocycles. The summed E-state index contributed by atoms with van der Waals surface area (Å²) in [5.41, 5.74) is 0.535. The second kappa shape index (κ2) is 7.68. The number of nitrogens with one attached hydrogen (secondary N) is 1. The minimum absolute atomic E-state index is 0.0663. The largest absolute Gasteiger partial charge is 0.353 e. The van der Waals surface area contributed by atoms with E-state index in [4.69, 9.17) is 0 Å². The van der Waals surface area contributed by atoms with Gasteiger partial charge in [-0.15, -0.1) is 0 Å². The van der Waals surface area contributed by atoms with Crippen LogP contribution in [0.1, 0.15) is 36.0 Å². The van der Waals surface area contributed by atoms with Gasteiger partial charge in [0.2, 0.25) is 5.95 Å². The van der Waals surface area contributed by atoms with Gasteiger partial charge in [-0.25, -0.2) is 15.0 Å². The first-order valence-electron chi connectivity index (χ1n) is 9.33. The first kappa shape index (κ1) is 16.8. The fourth-order valence-corrected chi connectivity index (χ4v) is 3.62. The van der Waals surface area contributed by atoms with Gasteiger partial charge in [0.05, 0.1) is 5.56 Å². The van der Waals surface area contributed by atoms with Gasteiger partial charge < -0.3 is 15.1 Å². The maximum atomic E-state index is 12.3. The maximum Gasteiger partial charge on any atom is 0.254 e. The summed E-state index contributed by atoms with van der Waals surface area (Å²) in [5.74, 6) is 1.62. The van der Waals surface area contributed by atoms with Crippen LogP contribution in [0.2, 0.25) is 0 Å². The van der Waals surface area contributed by atoms with Gasteiger partial charge in [0.25, 0.3) is 5.91 Å². The van der Waals surface area contributed by atoms with Crippen LogP contribution < -0.4 is 15.1 Å². The van der Waals surface area contributed by atoms with Crippen molar-refractivity contribution < 1.29 is 4.79 Å². The van der Waals surface area contributed by atoms with Crippen molar-refractivity contribution in [2.24, 2.45) is 0 Å². The van der Waals surface area contributed by atoms with Crippen LogP contribution in [0, 0.1) is 0 Å². The highest BCUT2D eigenvalue weighted by Gasteiger charge is 2.21. The highest BCUT2D eigenvalue weighted by molar-refractivity contribution is 5.93. The standard InChI is InChI=1S/C19H24N6O/c26-18(23-16-5-1-2-6-16)15-13-21-19(22-14-15)25-11-9-24(10-12-25)17-7-3-4-8-20-17/h3-4,7-8,13-14,16H,1-2,5-6,9-12H2,(H,23,26). The number of hydrogen-bond acceptors (Lipinski definition) is 6. The predicted octanol–water partition coefficient (Wildman–Crippen LogP) is 1.87. The number of nitrogens with zero attached hydrogens (tertiary/aromatic N) is 5. The van der Waals surface area contributed by atoms with Crippen LogP contribution in [-0.4, -0.2) is 53.1 Å². The minimum Gasteiger partial charge on any atom is -0.353 e. The molecular formula is C19H24N6O. The average Bonchev–Trinajstić information content (AvgIpc) is 3.22. The summed E-state index contributed by atoms with van der Waals surface area (Å²) in [6.45, 7) is 3.43. The van der Waals surface area contributed by atoms with Crippen LogP contribution in [0.4, 0.5) is 11.8 Å². The molecule has 1 aliphatic carbocycles. The number of aromatic nitrogens is 3. The maximum absolute atomic E-state index is 12.3. The molecular weight excluding hydrogens is 328 g/mol. The van der Waals surface area contributed by atoms with Crippen LogP contribution in [-0.2, 0) is 0 Å². The number of carbonyl (C=O) groups excluding carboxylic acids is 1. The van der Waals surface area contributed by atoms with Gasteiger partial charge in [0.15, 0.2) is 0 Å². The summed E-state index contributed by atoms with van der Waals surface area (Å²) in [7, 11) is 0. The molecule has 7 heteroatoms.